The summed E-state index contributed by atoms with van der Waals surface area (Å²) in [6.45, 7) is 6.13. The van der Waals surface area contributed by atoms with Gasteiger partial charge in [-0.25, -0.2) is 4.39 Å². The van der Waals surface area contributed by atoms with Crippen molar-refractivity contribution < 1.29 is 9.13 Å². The molecule has 0 saturated carbocycles. The first-order chi connectivity index (χ1) is 5.83. The van der Waals surface area contributed by atoms with Gasteiger partial charge in [0.05, 0.1) is 0 Å². The Hall–Kier alpha value is -0.150. The van der Waals surface area contributed by atoms with E-state index >= 15 is 0 Å². The molecule has 1 aliphatic heterocycles. The van der Waals surface area contributed by atoms with Gasteiger partial charge in [-0.2, -0.15) is 0 Å². The molecule has 72 valence electrons. The summed E-state index contributed by atoms with van der Waals surface area (Å²) in [4.78, 5) is 2.17. The van der Waals surface area contributed by atoms with E-state index in [0.29, 0.717) is 13.0 Å². The summed E-state index contributed by atoms with van der Waals surface area (Å²) in [5.74, 6) is 0. The van der Waals surface area contributed by atoms with Gasteiger partial charge in [0, 0.05) is 32.8 Å². The van der Waals surface area contributed by atoms with E-state index < -0.39 is 6.17 Å². The van der Waals surface area contributed by atoms with Crippen LogP contribution in [0.25, 0.3) is 0 Å². The van der Waals surface area contributed by atoms with Crippen LogP contribution in [-0.4, -0.2) is 43.9 Å². The summed E-state index contributed by atoms with van der Waals surface area (Å²) in [6, 6.07) is 0. The van der Waals surface area contributed by atoms with Crippen molar-refractivity contribution in [2.75, 3.05) is 32.8 Å². The topological polar surface area (TPSA) is 12.5 Å². The van der Waals surface area contributed by atoms with E-state index in [9.17, 15) is 4.39 Å². The number of hydrogen-bond donors (Lipinski definition) is 0. The normalized spacial score (nSPS) is 25.0. The Bertz CT molecular complexity index is 121. The van der Waals surface area contributed by atoms with Gasteiger partial charge in [0.2, 0.25) is 0 Å². The highest BCUT2D eigenvalue weighted by Crippen LogP contribution is 2.11. The Morgan fingerprint density at radius 1 is 1.58 bits per heavy atom. The molecule has 0 N–H and O–H groups in total. The van der Waals surface area contributed by atoms with Gasteiger partial charge in [0.1, 0.15) is 6.17 Å². The Morgan fingerprint density at radius 2 is 2.42 bits per heavy atom. The molecule has 0 spiro atoms. The van der Waals surface area contributed by atoms with Crippen LogP contribution in [-0.2, 0) is 4.74 Å². The number of alkyl halides is 1. The van der Waals surface area contributed by atoms with E-state index in [4.69, 9.17) is 4.74 Å². The van der Waals surface area contributed by atoms with Gasteiger partial charge < -0.3 is 9.64 Å². The standard InChI is InChI=1S/C9H18FNO/c1-2-12-7-3-5-11-6-4-9(10)8-11/h9H,2-8H2,1H3/t9-/m0/s1. The van der Waals surface area contributed by atoms with Gasteiger partial charge in [0.25, 0.3) is 0 Å². The number of nitrogens with zero attached hydrogens (tertiary/aromatic N) is 1. The fourth-order valence-corrected chi connectivity index (χ4v) is 1.52. The van der Waals surface area contributed by atoms with Crippen LogP contribution in [0.4, 0.5) is 4.39 Å². The van der Waals surface area contributed by atoms with Gasteiger partial charge in [0.15, 0.2) is 0 Å². The second kappa shape index (κ2) is 5.49. The van der Waals surface area contributed by atoms with Crippen molar-refractivity contribution in [3.8, 4) is 0 Å². The minimum Gasteiger partial charge on any atom is -0.382 e. The summed E-state index contributed by atoms with van der Waals surface area (Å²) in [5, 5.41) is 0. The second-order valence-corrected chi connectivity index (χ2v) is 3.24. The van der Waals surface area contributed by atoms with Crippen LogP contribution in [0.5, 0.6) is 0 Å². The molecule has 1 saturated heterocycles. The third kappa shape index (κ3) is 3.50. The maximum atomic E-state index is 12.7. The van der Waals surface area contributed by atoms with E-state index in [0.717, 1.165) is 32.7 Å². The summed E-state index contributed by atoms with van der Waals surface area (Å²) < 4.78 is 17.9. The fourth-order valence-electron chi connectivity index (χ4n) is 1.52. The first kappa shape index (κ1) is 9.93. The predicted octanol–water partition coefficient (Wildman–Crippen LogP) is 1.46. The highest BCUT2D eigenvalue weighted by Gasteiger charge is 2.20. The first-order valence-corrected chi connectivity index (χ1v) is 4.77. The monoisotopic (exact) mass is 175 g/mol. The summed E-state index contributed by atoms with van der Waals surface area (Å²) in [7, 11) is 0. The van der Waals surface area contributed by atoms with Crippen molar-refractivity contribution >= 4 is 0 Å². The van der Waals surface area contributed by atoms with Gasteiger partial charge in [-0.3, -0.25) is 0 Å². The average molecular weight is 175 g/mol. The highest BCUT2D eigenvalue weighted by molar-refractivity contribution is 4.74. The largest absolute Gasteiger partial charge is 0.382 e. The van der Waals surface area contributed by atoms with E-state index in [1.165, 1.54) is 0 Å². The smallest absolute Gasteiger partial charge is 0.114 e. The molecule has 2 nitrogen and oxygen atoms in total. The quantitative estimate of drug-likeness (QED) is 0.586. The lowest BCUT2D eigenvalue weighted by molar-refractivity contribution is 0.134. The highest BCUT2D eigenvalue weighted by atomic mass is 19.1. The Morgan fingerprint density at radius 3 is 3.00 bits per heavy atom. The molecule has 0 bridgehead atoms. The lowest BCUT2D eigenvalue weighted by atomic mass is 10.3. The number of halogens is 1. The Balaban J connectivity index is 1.93. The molecule has 0 unspecified atom stereocenters. The molecule has 0 radical (unpaired) electrons. The van der Waals surface area contributed by atoms with E-state index in [1.54, 1.807) is 0 Å². The van der Waals surface area contributed by atoms with Crippen LogP contribution in [0.3, 0.4) is 0 Å². The summed E-state index contributed by atoms with van der Waals surface area (Å²) in [5.41, 5.74) is 0. The predicted molar refractivity (Wildman–Crippen MR) is 47.1 cm³/mol. The molecule has 0 aliphatic carbocycles. The number of rotatable bonds is 5. The van der Waals surface area contributed by atoms with Crippen LogP contribution in [0.1, 0.15) is 19.8 Å². The Labute approximate surface area is 73.7 Å². The Kier molecular flexibility index (Phi) is 4.54. The molecule has 1 fully saturated rings. The molecule has 12 heavy (non-hydrogen) atoms. The molecule has 1 atom stereocenters. The zero-order valence-corrected chi connectivity index (χ0v) is 7.76. The van der Waals surface area contributed by atoms with Crippen LogP contribution >= 0.6 is 0 Å². The molecule has 0 aromatic heterocycles. The zero-order chi connectivity index (χ0) is 8.81. The molecule has 0 aromatic rings. The number of hydrogen-bond acceptors (Lipinski definition) is 2. The van der Waals surface area contributed by atoms with Crippen molar-refractivity contribution in [3.05, 3.63) is 0 Å². The molecule has 1 aliphatic rings. The van der Waals surface area contributed by atoms with Gasteiger partial charge in [-0.15, -0.1) is 0 Å². The number of ether oxygens (including phenoxy) is 1. The van der Waals surface area contributed by atoms with Crippen molar-refractivity contribution in [3.63, 3.8) is 0 Å². The molecule has 3 heteroatoms. The zero-order valence-electron chi connectivity index (χ0n) is 7.76. The maximum absolute atomic E-state index is 12.7. The third-order valence-electron chi connectivity index (χ3n) is 2.18. The fraction of sp³-hybridized carbons (Fsp3) is 1.00. The lowest BCUT2D eigenvalue weighted by Crippen LogP contribution is -2.23. The van der Waals surface area contributed by atoms with Gasteiger partial charge in [-0.1, -0.05) is 0 Å². The molecular formula is C9H18FNO. The first-order valence-electron chi connectivity index (χ1n) is 4.77. The van der Waals surface area contributed by atoms with Crippen molar-refractivity contribution in [1.82, 2.24) is 4.90 Å². The van der Waals surface area contributed by atoms with Crippen LogP contribution < -0.4 is 0 Å². The summed E-state index contributed by atoms with van der Waals surface area (Å²) >= 11 is 0. The average Bonchev–Trinajstić information content (AvgIpc) is 2.45. The van der Waals surface area contributed by atoms with Crippen LogP contribution in [0.15, 0.2) is 0 Å². The van der Waals surface area contributed by atoms with Crippen molar-refractivity contribution in [2.24, 2.45) is 0 Å². The van der Waals surface area contributed by atoms with Gasteiger partial charge >= 0.3 is 0 Å². The van der Waals surface area contributed by atoms with Gasteiger partial charge in [-0.05, 0) is 19.8 Å². The molecule has 1 rings (SSSR count). The van der Waals surface area contributed by atoms with Crippen LogP contribution in [0.2, 0.25) is 0 Å². The number of likely N-dealkylation sites (tertiary alicyclic amines) is 1. The minimum absolute atomic E-state index is 0.586. The summed E-state index contributed by atoms with van der Waals surface area (Å²) in [6.07, 6.45) is 1.16. The minimum atomic E-state index is -0.586. The SMILES string of the molecule is CCOCCCN1CC[C@H](F)C1. The molecule has 0 amide bonds. The van der Waals surface area contributed by atoms with Crippen molar-refractivity contribution in [1.29, 1.82) is 0 Å². The lowest BCUT2D eigenvalue weighted by Gasteiger charge is -2.13. The molecular weight excluding hydrogens is 157 g/mol. The second-order valence-electron chi connectivity index (χ2n) is 3.24. The molecule has 0 aromatic carbocycles. The maximum Gasteiger partial charge on any atom is 0.114 e. The van der Waals surface area contributed by atoms with Crippen LogP contribution in [0, 0.1) is 0 Å². The van der Waals surface area contributed by atoms with E-state index in [-0.39, 0.29) is 0 Å². The molecule has 1 heterocycles. The van der Waals surface area contributed by atoms with E-state index in [1.807, 2.05) is 6.92 Å². The third-order valence-corrected chi connectivity index (χ3v) is 2.18. The van der Waals surface area contributed by atoms with E-state index in [2.05, 4.69) is 4.90 Å². The van der Waals surface area contributed by atoms with Crippen molar-refractivity contribution in [2.45, 2.75) is 25.9 Å².